The molecular formula is C34H30O6. The molecule has 0 radical (unpaired) electrons. The van der Waals surface area contributed by atoms with Crippen molar-refractivity contribution >= 4 is 28.2 Å². The van der Waals surface area contributed by atoms with E-state index in [-0.39, 0.29) is 6.61 Å². The van der Waals surface area contributed by atoms with Gasteiger partial charge in [0.15, 0.2) is 12.0 Å². The van der Waals surface area contributed by atoms with E-state index in [0.29, 0.717) is 30.3 Å². The molecule has 6 aromatic rings. The fraction of sp³-hybridized carbons (Fsp3) is 0.147. The normalized spacial score (nSPS) is 10.8. The maximum atomic E-state index is 10.9. The lowest BCUT2D eigenvalue weighted by Gasteiger charge is -2.06. The third-order valence-electron chi connectivity index (χ3n) is 6.70. The Hall–Kier alpha value is -4.81. The Morgan fingerprint density at radius 3 is 1.68 bits per heavy atom. The van der Waals surface area contributed by atoms with Crippen LogP contribution in [0, 0.1) is 13.8 Å². The van der Waals surface area contributed by atoms with Gasteiger partial charge in [0.05, 0.1) is 0 Å². The van der Waals surface area contributed by atoms with Crippen LogP contribution in [0.15, 0.2) is 106 Å². The summed E-state index contributed by atoms with van der Waals surface area (Å²) in [6.07, 6.45) is 0.736. The van der Waals surface area contributed by atoms with Gasteiger partial charge in [0.2, 0.25) is 0 Å². The van der Waals surface area contributed by atoms with Crippen LogP contribution < -0.4 is 9.47 Å². The lowest BCUT2D eigenvalue weighted by Crippen LogP contribution is -1.94. The molecule has 0 unspecified atom stereocenters. The predicted molar refractivity (Wildman–Crippen MR) is 155 cm³/mol. The van der Waals surface area contributed by atoms with Crippen molar-refractivity contribution in [1.29, 1.82) is 0 Å². The van der Waals surface area contributed by atoms with E-state index in [1.807, 2.05) is 111 Å². The monoisotopic (exact) mass is 534 g/mol. The van der Waals surface area contributed by atoms with E-state index in [0.717, 1.165) is 56.4 Å². The van der Waals surface area contributed by atoms with Crippen molar-refractivity contribution in [2.45, 2.75) is 33.7 Å². The summed E-state index contributed by atoms with van der Waals surface area (Å²) in [6, 6.07) is 31.3. The summed E-state index contributed by atoms with van der Waals surface area (Å²) in [6.45, 7) is 4.79. The number of fused-ring (bicyclic) bond motifs is 2. The third kappa shape index (κ3) is 6.08. The highest BCUT2D eigenvalue weighted by molar-refractivity contribution is 5.90. The number of hydrogen-bond acceptors (Lipinski definition) is 6. The molecule has 0 aliphatic carbocycles. The van der Waals surface area contributed by atoms with Crippen LogP contribution in [0.5, 0.6) is 11.5 Å². The quantitative estimate of drug-likeness (QED) is 0.200. The van der Waals surface area contributed by atoms with Gasteiger partial charge < -0.3 is 23.4 Å². The number of aldehydes is 1. The molecule has 0 saturated heterocycles. The number of furan rings is 2. The van der Waals surface area contributed by atoms with Gasteiger partial charge in [-0.1, -0.05) is 60.7 Å². The highest BCUT2D eigenvalue weighted by Crippen LogP contribution is 2.30. The van der Waals surface area contributed by atoms with Crippen LogP contribution >= 0.6 is 0 Å². The van der Waals surface area contributed by atoms with Gasteiger partial charge in [-0.2, -0.15) is 0 Å². The van der Waals surface area contributed by atoms with Gasteiger partial charge in [-0.25, -0.2) is 0 Å². The first kappa shape index (κ1) is 26.8. The minimum atomic E-state index is -0.0826. The zero-order valence-electron chi connectivity index (χ0n) is 22.4. The second kappa shape index (κ2) is 12.4. The summed E-state index contributed by atoms with van der Waals surface area (Å²) in [7, 11) is 0. The second-order valence-corrected chi connectivity index (χ2v) is 9.38. The van der Waals surface area contributed by atoms with E-state index < -0.39 is 0 Å². The molecular weight excluding hydrogens is 504 g/mol. The van der Waals surface area contributed by atoms with Gasteiger partial charge in [0.1, 0.15) is 48.2 Å². The Kier molecular flexibility index (Phi) is 8.28. The fourth-order valence-corrected chi connectivity index (χ4v) is 4.39. The lowest BCUT2D eigenvalue weighted by molar-refractivity contribution is 0.110. The summed E-state index contributed by atoms with van der Waals surface area (Å²) in [4.78, 5) is 10.9. The minimum absolute atomic E-state index is 0.0826. The molecule has 6 heteroatoms. The number of aryl methyl sites for hydroxylation is 2. The van der Waals surface area contributed by atoms with Crippen molar-refractivity contribution < 1.29 is 28.2 Å². The molecule has 1 N–H and O–H groups in total. The number of aliphatic hydroxyl groups excluding tert-OH is 1. The average molecular weight is 535 g/mol. The zero-order chi connectivity index (χ0) is 27.9. The molecule has 0 atom stereocenters. The summed E-state index contributed by atoms with van der Waals surface area (Å²) in [5.41, 5.74) is 5.54. The van der Waals surface area contributed by atoms with E-state index in [4.69, 9.17) is 18.3 Å². The molecule has 0 fully saturated rings. The van der Waals surface area contributed by atoms with E-state index in [9.17, 15) is 9.90 Å². The Bertz CT molecular complexity index is 1710. The van der Waals surface area contributed by atoms with Crippen LogP contribution in [0.3, 0.4) is 0 Å². The Balaban J connectivity index is 0.000000161. The average Bonchev–Trinajstić information content (AvgIpc) is 3.51. The molecule has 2 aromatic heterocycles. The van der Waals surface area contributed by atoms with Gasteiger partial charge in [0.25, 0.3) is 0 Å². The van der Waals surface area contributed by atoms with Crippen LogP contribution in [0.2, 0.25) is 0 Å². The highest BCUT2D eigenvalue weighted by atomic mass is 16.5. The SMILES string of the molecule is Cc1c(C=O)oc2ccc(OCc3ccccc3)cc12.Cc1c(CO)oc2ccc(OCc3ccccc3)cc12. The maximum Gasteiger partial charge on any atom is 0.185 e. The maximum absolute atomic E-state index is 10.9. The van der Waals surface area contributed by atoms with Crippen molar-refractivity contribution in [3.05, 3.63) is 131 Å². The van der Waals surface area contributed by atoms with Gasteiger partial charge in [-0.05, 0) is 61.4 Å². The molecule has 0 amide bonds. The molecule has 40 heavy (non-hydrogen) atoms. The largest absolute Gasteiger partial charge is 0.489 e. The summed E-state index contributed by atoms with van der Waals surface area (Å²) >= 11 is 0. The van der Waals surface area contributed by atoms with Crippen LogP contribution in [0.25, 0.3) is 21.9 Å². The standard InChI is InChI=1S/C17H16O3.C17H14O3/c2*1-12-15-9-14(7-8-16(15)20-17(12)10-18)19-11-13-5-3-2-4-6-13/h2-9,18H,10-11H2,1H3;2-10H,11H2,1H3. The van der Waals surface area contributed by atoms with Crippen LogP contribution in [-0.4, -0.2) is 11.4 Å². The molecule has 202 valence electrons. The number of carbonyl (C=O) groups excluding carboxylic acids is 1. The van der Waals surface area contributed by atoms with E-state index in [1.54, 1.807) is 0 Å². The first-order chi connectivity index (χ1) is 19.6. The van der Waals surface area contributed by atoms with E-state index in [1.165, 1.54) is 0 Å². The summed E-state index contributed by atoms with van der Waals surface area (Å²) in [5, 5.41) is 11.1. The van der Waals surface area contributed by atoms with E-state index in [2.05, 4.69) is 0 Å². The first-order valence-electron chi connectivity index (χ1n) is 13.0. The van der Waals surface area contributed by atoms with Crippen LogP contribution in [0.1, 0.15) is 38.6 Å². The molecule has 0 aliphatic rings. The van der Waals surface area contributed by atoms with E-state index >= 15 is 0 Å². The van der Waals surface area contributed by atoms with Crippen molar-refractivity contribution in [3.8, 4) is 11.5 Å². The first-order valence-corrected chi connectivity index (χ1v) is 13.0. The predicted octanol–water partition coefficient (Wildman–Crippen LogP) is 7.95. The molecule has 0 bridgehead atoms. The Morgan fingerprint density at radius 1 is 0.675 bits per heavy atom. The molecule has 0 saturated carbocycles. The Labute approximate surface area is 232 Å². The topological polar surface area (TPSA) is 82.0 Å². The van der Waals surface area contributed by atoms with Gasteiger partial charge in [-0.15, -0.1) is 0 Å². The van der Waals surface area contributed by atoms with Crippen molar-refractivity contribution in [1.82, 2.24) is 0 Å². The van der Waals surface area contributed by atoms with Gasteiger partial charge in [-0.3, -0.25) is 4.79 Å². The number of aliphatic hydroxyl groups is 1. The second-order valence-electron chi connectivity index (χ2n) is 9.38. The molecule has 4 aromatic carbocycles. The summed E-state index contributed by atoms with van der Waals surface area (Å²) < 4.78 is 22.6. The number of hydrogen-bond donors (Lipinski definition) is 1. The van der Waals surface area contributed by atoms with Crippen LogP contribution in [-0.2, 0) is 19.8 Å². The lowest BCUT2D eigenvalue weighted by atomic mass is 10.1. The molecule has 0 spiro atoms. The molecule has 6 nitrogen and oxygen atoms in total. The van der Waals surface area contributed by atoms with Gasteiger partial charge in [0, 0.05) is 21.9 Å². The Morgan fingerprint density at radius 2 is 1.18 bits per heavy atom. The van der Waals surface area contributed by atoms with Crippen molar-refractivity contribution in [2.24, 2.45) is 0 Å². The smallest absolute Gasteiger partial charge is 0.185 e. The minimum Gasteiger partial charge on any atom is -0.489 e. The highest BCUT2D eigenvalue weighted by Gasteiger charge is 2.11. The van der Waals surface area contributed by atoms with Crippen molar-refractivity contribution in [3.63, 3.8) is 0 Å². The third-order valence-corrected chi connectivity index (χ3v) is 6.70. The molecule has 2 heterocycles. The molecule has 6 rings (SSSR count). The van der Waals surface area contributed by atoms with Gasteiger partial charge >= 0.3 is 0 Å². The zero-order valence-corrected chi connectivity index (χ0v) is 22.4. The fourth-order valence-electron chi connectivity index (χ4n) is 4.39. The molecule has 0 aliphatic heterocycles. The van der Waals surface area contributed by atoms with Crippen LogP contribution in [0.4, 0.5) is 0 Å². The number of ether oxygens (including phenoxy) is 2. The number of benzene rings is 4. The number of carbonyl (C=O) groups is 1. The van der Waals surface area contributed by atoms with Crippen molar-refractivity contribution in [2.75, 3.05) is 0 Å². The number of rotatable bonds is 8. The summed E-state index contributed by atoms with van der Waals surface area (Å²) in [5.74, 6) is 2.55.